The zero-order chi connectivity index (χ0) is 18.3. The second-order valence-electron chi connectivity index (χ2n) is 6.67. The summed E-state index contributed by atoms with van der Waals surface area (Å²) in [5.74, 6) is 1.32. The van der Waals surface area contributed by atoms with Crippen LogP contribution in [0.2, 0.25) is 0 Å². The van der Waals surface area contributed by atoms with Crippen LogP contribution in [0.5, 0.6) is 0 Å². The summed E-state index contributed by atoms with van der Waals surface area (Å²) in [5, 5.41) is 7.80. The molecule has 0 unspecified atom stereocenters. The largest absolute Gasteiger partial charge is 0.438 e. The Morgan fingerprint density at radius 2 is 1.77 bits per heavy atom. The molecule has 1 fully saturated rings. The highest BCUT2D eigenvalue weighted by atomic mass is 32.2. The van der Waals surface area contributed by atoms with E-state index < -0.39 is 10.0 Å². The van der Waals surface area contributed by atoms with Gasteiger partial charge in [0.15, 0.2) is 5.76 Å². The van der Waals surface area contributed by atoms with Crippen LogP contribution in [0.4, 0.5) is 5.69 Å². The average molecular weight is 373 g/mol. The van der Waals surface area contributed by atoms with Gasteiger partial charge in [0.05, 0.1) is 0 Å². The molecule has 2 heterocycles. The minimum Gasteiger partial charge on any atom is -0.438 e. The highest BCUT2D eigenvalue weighted by Gasteiger charge is 2.27. The Balaban J connectivity index is 1.57. The zero-order valence-corrected chi connectivity index (χ0v) is 15.3. The van der Waals surface area contributed by atoms with E-state index in [0.717, 1.165) is 30.4 Å². The molecule has 0 saturated heterocycles. The van der Waals surface area contributed by atoms with Crippen LogP contribution in [-0.2, 0) is 10.0 Å². The lowest BCUT2D eigenvalue weighted by molar-refractivity contribution is 0.334. The first-order chi connectivity index (χ1) is 12.4. The monoisotopic (exact) mass is 373 g/mol. The third-order valence-corrected chi connectivity index (χ3v) is 5.68. The van der Waals surface area contributed by atoms with Crippen molar-refractivity contribution in [3.05, 3.63) is 47.3 Å². The van der Waals surface area contributed by atoms with Gasteiger partial charge in [0.2, 0.25) is 11.0 Å². The molecule has 1 N–H and O–H groups in total. The molecule has 0 atom stereocenters. The van der Waals surface area contributed by atoms with E-state index in [0.29, 0.717) is 17.5 Å². The van der Waals surface area contributed by atoms with Gasteiger partial charge in [-0.3, -0.25) is 4.72 Å². The molecular weight excluding hydrogens is 354 g/mol. The normalized spacial score (nSPS) is 15.0. The van der Waals surface area contributed by atoms with Crippen LogP contribution < -0.4 is 4.72 Å². The number of hydrogen-bond acceptors (Lipinski definition) is 6. The number of sulfonamides is 1. The van der Waals surface area contributed by atoms with Gasteiger partial charge >= 0.3 is 0 Å². The second kappa shape index (κ2) is 6.28. The van der Waals surface area contributed by atoms with Gasteiger partial charge < -0.3 is 8.83 Å². The van der Waals surface area contributed by atoms with Gasteiger partial charge in [-0.25, -0.2) is 0 Å². The summed E-state index contributed by atoms with van der Waals surface area (Å²) in [4.78, 5) is 0. The maximum absolute atomic E-state index is 12.6. The van der Waals surface area contributed by atoms with Crippen molar-refractivity contribution < 1.29 is 17.3 Å². The van der Waals surface area contributed by atoms with Crippen molar-refractivity contribution in [2.24, 2.45) is 0 Å². The number of nitrogens with one attached hydrogen (secondary N) is 1. The van der Waals surface area contributed by atoms with E-state index in [1.807, 2.05) is 19.9 Å². The highest BCUT2D eigenvalue weighted by molar-refractivity contribution is 7.92. The molecule has 7 nitrogen and oxygen atoms in total. The van der Waals surface area contributed by atoms with Crippen molar-refractivity contribution in [1.82, 2.24) is 10.2 Å². The molecule has 8 heteroatoms. The summed E-state index contributed by atoms with van der Waals surface area (Å²) in [6.07, 6.45) is 3.24. The van der Waals surface area contributed by atoms with Gasteiger partial charge in [-0.1, -0.05) is 12.5 Å². The highest BCUT2D eigenvalue weighted by Crippen LogP contribution is 2.36. The smallest absolute Gasteiger partial charge is 0.295 e. The fraction of sp³-hybridized carbons (Fsp3) is 0.333. The van der Waals surface area contributed by atoms with Crippen LogP contribution in [-0.4, -0.2) is 18.6 Å². The number of hydrogen-bond donors (Lipinski definition) is 1. The van der Waals surface area contributed by atoms with E-state index in [9.17, 15) is 8.42 Å². The molecule has 0 radical (unpaired) electrons. The van der Waals surface area contributed by atoms with Crippen LogP contribution in [0.1, 0.15) is 42.2 Å². The Hall–Kier alpha value is -2.61. The third kappa shape index (κ3) is 3.24. The number of furan rings is 1. The van der Waals surface area contributed by atoms with Gasteiger partial charge in [0, 0.05) is 11.6 Å². The summed E-state index contributed by atoms with van der Waals surface area (Å²) in [7, 11) is -3.84. The lowest BCUT2D eigenvalue weighted by Gasteiger charge is -2.20. The minimum absolute atomic E-state index is 0.194. The van der Waals surface area contributed by atoms with Crippen LogP contribution in [0.3, 0.4) is 0 Å². The molecule has 2 aromatic heterocycles. The molecule has 1 aliphatic rings. The summed E-state index contributed by atoms with van der Waals surface area (Å²) >= 11 is 0. The quantitative estimate of drug-likeness (QED) is 0.725. The molecule has 1 saturated carbocycles. The van der Waals surface area contributed by atoms with Gasteiger partial charge in [0.25, 0.3) is 15.9 Å². The SMILES string of the molecule is Cc1cc(C)cc(NS(=O)(=O)c2ccc(-c3nnc(C4CCC4)o3)o2)c1. The molecule has 0 amide bonds. The predicted octanol–water partition coefficient (Wildman–Crippen LogP) is 4.01. The fourth-order valence-corrected chi connectivity index (χ4v) is 3.95. The van der Waals surface area contributed by atoms with E-state index >= 15 is 0 Å². The van der Waals surface area contributed by atoms with Crippen molar-refractivity contribution in [2.75, 3.05) is 4.72 Å². The van der Waals surface area contributed by atoms with Crippen LogP contribution in [0, 0.1) is 13.8 Å². The van der Waals surface area contributed by atoms with Gasteiger partial charge in [-0.15, -0.1) is 10.2 Å². The van der Waals surface area contributed by atoms with Crippen LogP contribution >= 0.6 is 0 Å². The first-order valence-corrected chi connectivity index (χ1v) is 9.94. The van der Waals surface area contributed by atoms with E-state index in [4.69, 9.17) is 8.83 Å². The molecule has 0 spiro atoms. The number of aromatic nitrogens is 2. The van der Waals surface area contributed by atoms with Gasteiger partial charge in [0.1, 0.15) is 0 Å². The van der Waals surface area contributed by atoms with E-state index in [2.05, 4.69) is 14.9 Å². The summed E-state index contributed by atoms with van der Waals surface area (Å²) in [6, 6.07) is 8.40. The number of aryl methyl sites for hydroxylation is 2. The third-order valence-electron chi connectivity index (χ3n) is 4.43. The molecule has 1 aliphatic carbocycles. The van der Waals surface area contributed by atoms with Crippen LogP contribution in [0.25, 0.3) is 11.7 Å². The predicted molar refractivity (Wildman–Crippen MR) is 95.3 cm³/mol. The summed E-state index contributed by atoms with van der Waals surface area (Å²) < 4.78 is 38.8. The second-order valence-corrected chi connectivity index (χ2v) is 8.29. The Morgan fingerprint density at radius 3 is 2.42 bits per heavy atom. The summed E-state index contributed by atoms with van der Waals surface area (Å²) in [6.45, 7) is 3.82. The van der Waals surface area contributed by atoms with Crippen LogP contribution in [0.15, 0.2) is 44.3 Å². The zero-order valence-electron chi connectivity index (χ0n) is 14.5. The number of anilines is 1. The summed E-state index contributed by atoms with van der Waals surface area (Å²) in [5.41, 5.74) is 2.43. The number of benzene rings is 1. The van der Waals surface area contributed by atoms with Crippen molar-refractivity contribution in [1.29, 1.82) is 0 Å². The Morgan fingerprint density at radius 1 is 1.04 bits per heavy atom. The molecule has 1 aromatic carbocycles. The first kappa shape index (κ1) is 16.8. The van der Waals surface area contributed by atoms with Crippen molar-refractivity contribution in [2.45, 2.75) is 44.1 Å². The van der Waals surface area contributed by atoms with Gasteiger partial charge in [-0.2, -0.15) is 8.42 Å². The maximum Gasteiger partial charge on any atom is 0.295 e. The lowest BCUT2D eigenvalue weighted by Crippen LogP contribution is -2.12. The maximum atomic E-state index is 12.6. The Bertz CT molecular complexity index is 1030. The topological polar surface area (TPSA) is 98.2 Å². The average Bonchev–Trinajstić information content (AvgIpc) is 3.12. The minimum atomic E-state index is -3.84. The Labute approximate surface area is 151 Å². The van der Waals surface area contributed by atoms with E-state index in [1.165, 1.54) is 12.1 Å². The molecular formula is C18H19N3O4S. The Kier molecular flexibility index (Phi) is 4.07. The van der Waals surface area contributed by atoms with Crippen molar-refractivity contribution >= 4 is 15.7 Å². The van der Waals surface area contributed by atoms with E-state index in [1.54, 1.807) is 12.1 Å². The number of nitrogens with zero attached hydrogens (tertiary/aromatic N) is 2. The van der Waals surface area contributed by atoms with E-state index in [-0.39, 0.29) is 16.7 Å². The molecule has 0 bridgehead atoms. The van der Waals surface area contributed by atoms with Crippen molar-refractivity contribution in [3.63, 3.8) is 0 Å². The number of rotatable bonds is 5. The molecule has 4 rings (SSSR count). The standard InChI is InChI=1S/C18H19N3O4S/c1-11-8-12(2)10-14(9-11)21-26(22,23)16-7-6-15(24-16)18-20-19-17(25-18)13-4-3-5-13/h6-10,13,21H,3-5H2,1-2H3. The molecule has 3 aromatic rings. The molecule has 0 aliphatic heterocycles. The molecule has 136 valence electrons. The molecule has 26 heavy (non-hydrogen) atoms. The van der Waals surface area contributed by atoms with Crippen molar-refractivity contribution in [3.8, 4) is 11.7 Å². The first-order valence-electron chi connectivity index (χ1n) is 8.45. The fourth-order valence-electron chi connectivity index (χ4n) is 2.97. The lowest BCUT2D eigenvalue weighted by atomic mass is 9.85. The van der Waals surface area contributed by atoms with Gasteiger partial charge in [-0.05, 0) is 62.1 Å².